The summed E-state index contributed by atoms with van der Waals surface area (Å²) in [7, 11) is 0. The average molecular weight is 286 g/mol. The van der Waals surface area contributed by atoms with E-state index in [0.29, 0.717) is 17.8 Å². The predicted molar refractivity (Wildman–Crippen MR) is 83.6 cm³/mol. The molecule has 1 saturated heterocycles. The summed E-state index contributed by atoms with van der Waals surface area (Å²) < 4.78 is 5.34. The Balaban J connectivity index is 1.83. The van der Waals surface area contributed by atoms with Gasteiger partial charge in [-0.3, -0.25) is 9.69 Å². The molecule has 1 aliphatic heterocycles. The summed E-state index contributed by atoms with van der Waals surface area (Å²) in [6, 6.07) is 7.13. The molecule has 0 aliphatic carbocycles. The summed E-state index contributed by atoms with van der Waals surface area (Å²) in [6.07, 6.45) is 4.28. The maximum atomic E-state index is 11.3. The van der Waals surface area contributed by atoms with E-state index in [1.165, 1.54) is 18.9 Å². The van der Waals surface area contributed by atoms with Crippen LogP contribution in [0.2, 0.25) is 0 Å². The van der Waals surface area contributed by atoms with Crippen LogP contribution >= 0.6 is 0 Å². The Morgan fingerprint density at radius 3 is 2.81 bits per heavy atom. The Morgan fingerprint density at radius 1 is 1.38 bits per heavy atom. The molecule has 0 radical (unpaired) electrons. The zero-order chi connectivity index (χ0) is 15.0. The number of nitrogens with zero attached hydrogens (tertiary/aromatic N) is 1. The monoisotopic (exact) mass is 286 g/mol. The fraction of sp³-hybridized carbons (Fsp3) is 0.471. The van der Waals surface area contributed by atoms with Gasteiger partial charge in [0.25, 0.3) is 0 Å². The third kappa shape index (κ3) is 2.68. The third-order valence-electron chi connectivity index (χ3n) is 4.46. The molecule has 1 aliphatic rings. The second-order valence-electron chi connectivity index (χ2n) is 6.01. The Bertz CT molecular complexity index is 654. The van der Waals surface area contributed by atoms with Gasteiger partial charge in [0.15, 0.2) is 0 Å². The van der Waals surface area contributed by atoms with Crippen LogP contribution in [-0.2, 0) is 11.2 Å². The van der Waals surface area contributed by atoms with E-state index in [2.05, 4.69) is 23.7 Å². The van der Waals surface area contributed by atoms with Crippen molar-refractivity contribution in [3.8, 4) is 5.75 Å². The van der Waals surface area contributed by atoms with Crippen molar-refractivity contribution in [2.75, 3.05) is 6.54 Å². The lowest BCUT2D eigenvalue weighted by atomic mass is 9.95. The molecule has 4 heteroatoms. The first-order valence-electron chi connectivity index (χ1n) is 7.59. The second kappa shape index (κ2) is 5.53. The van der Waals surface area contributed by atoms with Gasteiger partial charge < -0.3 is 9.72 Å². The zero-order valence-corrected chi connectivity index (χ0v) is 12.8. The Kier molecular flexibility index (Phi) is 3.72. The molecule has 0 amide bonds. The molecule has 2 heterocycles. The van der Waals surface area contributed by atoms with Gasteiger partial charge in [0.2, 0.25) is 0 Å². The smallest absolute Gasteiger partial charge is 0.308 e. The minimum atomic E-state index is -0.278. The standard InChI is InChI=1S/C17H22N2O2/c1-11-9-12(2)19(11)8-7-14-10-18-15-5-4-6-16(17(14)15)21-13(3)20/h4-6,10-12,18H,7-9H2,1-3H3. The highest BCUT2D eigenvalue weighted by Gasteiger charge is 2.30. The van der Waals surface area contributed by atoms with Crippen LogP contribution in [0.25, 0.3) is 10.9 Å². The summed E-state index contributed by atoms with van der Waals surface area (Å²) >= 11 is 0. The van der Waals surface area contributed by atoms with Gasteiger partial charge in [-0.1, -0.05) is 6.07 Å². The molecular formula is C17H22N2O2. The molecule has 2 unspecified atom stereocenters. The topological polar surface area (TPSA) is 45.3 Å². The normalized spacial score (nSPS) is 22.2. The number of aromatic nitrogens is 1. The molecule has 3 rings (SSSR count). The highest BCUT2D eigenvalue weighted by molar-refractivity contribution is 5.91. The Morgan fingerprint density at radius 2 is 2.14 bits per heavy atom. The first-order valence-corrected chi connectivity index (χ1v) is 7.59. The molecule has 0 saturated carbocycles. The molecule has 4 nitrogen and oxygen atoms in total. The van der Waals surface area contributed by atoms with E-state index in [9.17, 15) is 4.79 Å². The van der Waals surface area contributed by atoms with Crippen molar-refractivity contribution in [2.24, 2.45) is 0 Å². The number of nitrogens with one attached hydrogen (secondary N) is 1. The fourth-order valence-electron chi connectivity index (χ4n) is 3.41. The second-order valence-corrected chi connectivity index (χ2v) is 6.01. The van der Waals surface area contributed by atoms with Crippen molar-refractivity contribution in [3.05, 3.63) is 30.0 Å². The molecule has 112 valence electrons. The quantitative estimate of drug-likeness (QED) is 0.694. The van der Waals surface area contributed by atoms with Gasteiger partial charge in [-0.05, 0) is 44.4 Å². The SMILES string of the molecule is CC(=O)Oc1cccc2[nH]cc(CCN3C(C)CC3C)c12. The Hall–Kier alpha value is -1.81. The summed E-state index contributed by atoms with van der Waals surface area (Å²) in [4.78, 5) is 17.1. The van der Waals surface area contributed by atoms with Gasteiger partial charge in [0.1, 0.15) is 5.75 Å². The lowest BCUT2D eigenvalue weighted by molar-refractivity contribution is -0.131. The maximum absolute atomic E-state index is 11.3. The lowest BCUT2D eigenvalue weighted by Gasteiger charge is -2.45. The molecule has 2 atom stereocenters. The number of carbonyl (C=O) groups excluding carboxylic acids is 1. The summed E-state index contributed by atoms with van der Waals surface area (Å²) in [5.41, 5.74) is 2.24. The van der Waals surface area contributed by atoms with Gasteiger partial charge in [0.05, 0.1) is 0 Å². The largest absolute Gasteiger partial charge is 0.426 e. The van der Waals surface area contributed by atoms with E-state index in [1.807, 2.05) is 24.4 Å². The zero-order valence-electron chi connectivity index (χ0n) is 12.8. The van der Waals surface area contributed by atoms with Gasteiger partial charge >= 0.3 is 5.97 Å². The number of hydrogen-bond acceptors (Lipinski definition) is 3. The first-order chi connectivity index (χ1) is 10.1. The van der Waals surface area contributed by atoms with Crippen molar-refractivity contribution >= 4 is 16.9 Å². The summed E-state index contributed by atoms with van der Waals surface area (Å²) in [6.45, 7) is 7.04. The molecule has 1 fully saturated rings. The molecular weight excluding hydrogens is 264 g/mol. The van der Waals surface area contributed by atoms with Gasteiger partial charge in [-0.25, -0.2) is 0 Å². The average Bonchev–Trinajstić information content (AvgIpc) is 2.83. The number of fused-ring (bicyclic) bond motifs is 1. The van der Waals surface area contributed by atoms with Crippen molar-refractivity contribution in [1.29, 1.82) is 0 Å². The highest BCUT2D eigenvalue weighted by Crippen LogP contribution is 2.31. The molecule has 2 aromatic rings. The van der Waals surface area contributed by atoms with Crippen LogP contribution in [0.5, 0.6) is 5.75 Å². The van der Waals surface area contributed by atoms with Crippen molar-refractivity contribution in [2.45, 2.75) is 45.7 Å². The number of likely N-dealkylation sites (tertiary alicyclic amines) is 1. The van der Waals surface area contributed by atoms with Crippen LogP contribution in [0.4, 0.5) is 0 Å². The van der Waals surface area contributed by atoms with E-state index in [4.69, 9.17) is 4.74 Å². The van der Waals surface area contributed by atoms with Crippen LogP contribution in [0.1, 0.15) is 32.8 Å². The number of carbonyl (C=O) groups is 1. The van der Waals surface area contributed by atoms with Crippen LogP contribution < -0.4 is 4.74 Å². The minimum absolute atomic E-state index is 0.278. The Labute approximate surface area is 125 Å². The molecule has 0 bridgehead atoms. The van der Waals surface area contributed by atoms with Crippen LogP contribution in [0.15, 0.2) is 24.4 Å². The van der Waals surface area contributed by atoms with Gasteiger partial charge in [-0.15, -0.1) is 0 Å². The molecule has 1 aromatic carbocycles. The van der Waals surface area contributed by atoms with Crippen molar-refractivity contribution < 1.29 is 9.53 Å². The van der Waals surface area contributed by atoms with Crippen LogP contribution in [0, 0.1) is 0 Å². The van der Waals surface area contributed by atoms with Gasteiger partial charge in [0, 0.05) is 42.7 Å². The van der Waals surface area contributed by atoms with Crippen LogP contribution in [-0.4, -0.2) is 34.5 Å². The number of rotatable bonds is 4. The number of benzene rings is 1. The van der Waals surface area contributed by atoms with E-state index in [1.54, 1.807) is 0 Å². The van der Waals surface area contributed by atoms with E-state index in [-0.39, 0.29) is 5.97 Å². The van der Waals surface area contributed by atoms with E-state index >= 15 is 0 Å². The number of esters is 1. The first kappa shape index (κ1) is 14.1. The fourth-order valence-corrected chi connectivity index (χ4v) is 3.41. The number of ether oxygens (including phenoxy) is 1. The number of H-pyrrole nitrogens is 1. The van der Waals surface area contributed by atoms with E-state index < -0.39 is 0 Å². The minimum Gasteiger partial charge on any atom is -0.426 e. The summed E-state index contributed by atoms with van der Waals surface area (Å²) in [5, 5.41) is 1.04. The molecule has 0 spiro atoms. The third-order valence-corrected chi connectivity index (χ3v) is 4.46. The molecule has 21 heavy (non-hydrogen) atoms. The van der Waals surface area contributed by atoms with Gasteiger partial charge in [-0.2, -0.15) is 0 Å². The highest BCUT2D eigenvalue weighted by atomic mass is 16.5. The summed E-state index contributed by atoms with van der Waals surface area (Å²) in [5.74, 6) is 0.376. The number of aromatic amines is 1. The molecule has 1 aromatic heterocycles. The molecule has 1 N–H and O–H groups in total. The predicted octanol–water partition coefficient (Wildman–Crippen LogP) is 3.12. The van der Waals surface area contributed by atoms with Crippen molar-refractivity contribution in [3.63, 3.8) is 0 Å². The maximum Gasteiger partial charge on any atom is 0.308 e. The van der Waals surface area contributed by atoms with E-state index in [0.717, 1.165) is 23.9 Å². The van der Waals surface area contributed by atoms with Crippen molar-refractivity contribution in [1.82, 2.24) is 9.88 Å². The number of hydrogen-bond donors (Lipinski definition) is 1. The lowest BCUT2D eigenvalue weighted by Crippen LogP contribution is -2.53. The van der Waals surface area contributed by atoms with Crippen LogP contribution in [0.3, 0.4) is 0 Å².